The molecule has 0 amide bonds. The maximum absolute atomic E-state index is 11.5. The summed E-state index contributed by atoms with van der Waals surface area (Å²) in [6.45, 7) is 4.80. The van der Waals surface area contributed by atoms with Gasteiger partial charge in [0.1, 0.15) is 6.33 Å². The molecule has 4 nitrogen and oxygen atoms in total. The van der Waals surface area contributed by atoms with Crippen LogP contribution in [0.1, 0.15) is 30.6 Å². The number of hydrogen-bond donors (Lipinski definition) is 1. The van der Waals surface area contributed by atoms with E-state index in [1.165, 1.54) is 6.33 Å². The molecule has 0 atom stereocenters. The summed E-state index contributed by atoms with van der Waals surface area (Å²) in [4.78, 5) is 19.1. The Bertz CT molecular complexity index is 285. The number of aromatic nitrogens is 2. The molecule has 1 N–H and O–H groups in total. The molecule has 0 unspecified atom stereocenters. The van der Waals surface area contributed by atoms with Gasteiger partial charge in [-0.3, -0.25) is 4.79 Å². The third kappa shape index (κ3) is 3.62. The molecule has 0 aliphatic carbocycles. The SMILES string of the molecule is CC(C)NCCC(=O)c1cncnc1. The van der Waals surface area contributed by atoms with E-state index in [-0.39, 0.29) is 5.78 Å². The molecule has 0 radical (unpaired) electrons. The lowest BCUT2D eigenvalue weighted by molar-refractivity contribution is 0.0981. The highest BCUT2D eigenvalue weighted by atomic mass is 16.1. The zero-order valence-corrected chi connectivity index (χ0v) is 8.53. The van der Waals surface area contributed by atoms with Crippen LogP contribution in [0.25, 0.3) is 0 Å². The average molecular weight is 193 g/mol. The van der Waals surface area contributed by atoms with Gasteiger partial charge in [0.25, 0.3) is 0 Å². The van der Waals surface area contributed by atoms with E-state index >= 15 is 0 Å². The van der Waals surface area contributed by atoms with Crippen molar-refractivity contribution in [3.05, 3.63) is 24.3 Å². The molecule has 0 bridgehead atoms. The largest absolute Gasteiger partial charge is 0.314 e. The van der Waals surface area contributed by atoms with Crippen molar-refractivity contribution in [3.8, 4) is 0 Å². The Balaban J connectivity index is 2.36. The zero-order chi connectivity index (χ0) is 10.4. The number of nitrogens with one attached hydrogen (secondary N) is 1. The maximum atomic E-state index is 11.5. The molecule has 0 aliphatic rings. The number of ketones is 1. The lowest BCUT2D eigenvalue weighted by atomic mass is 10.1. The highest BCUT2D eigenvalue weighted by Crippen LogP contribution is 1.98. The highest BCUT2D eigenvalue weighted by Gasteiger charge is 2.05. The summed E-state index contributed by atoms with van der Waals surface area (Å²) in [6.07, 6.45) is 5.00. The monoisotopic (exact) mass is 193 g/mol. The van der Waals surface area contributed by atoms with E-state index in [1.54, 1.807) is 12.4 Å². The minimum absolute atomic E-state index is 0.0822. The fraction of sp³-hybridized carbons (Fsp3) is 0.500. The van der Waals surface area contributed by atoms with Crippen LogP contribution in [-0.2, 0) is 0 Å². The summed E-state index contributed by atoms with van der Waals surface area (Å²) in [5.74, 6) is 0.0822. The van der Waals surface area contributed by atoms with Crippen molar-refractivity contribution in [1.29, 1.82) is 0 Å². The van der Waals surface area contributed by atoms with E-state index in [0.717, 1.165) is 0 Å². The van der Waals surface area contributed by atoms with Crippen LogP contribution in [0.15, 0.2) is 18.7 Å². The third-order valence-electron chi connectivity index (χ3n) is 1.79. The van der Waals surface area contributed by atoms with Gasteiger partial charge in [-0.2, -0.15) is 0 Å². The number of Topliss-reactive ketones (excluding diaryl/α,β-unsaturated/α-hetero) is 1. The molecule has 0 fully saturated rings. The van der Waals surface area contributed by atoms with Crippen LogP contribution in [-0.4, -0.2) is 28.3 Å². The minimum atomic E-state index is 0.0822. The quantitative estimate of drug-likeness (QED) is 0.710. The van der Waals surface area contributed by atoms with Gasteiger partial charge >= 0.3 is 0 Å². The van der Waals surface area contributed by atoms with Crippen molar-refractivity contribution < 1.29 is 4.79 Å². The van der Waals surface area contributed by atoms with Crippen LogP contribution in [0.5, 0.6) is 0 Å². The summed E-state index contributed by atoms with van der Waals surface area (Å²) in [6, 6.07) is 0.412. The fourth-order valence-electron chi connectivity index (χ4n) is 1.06. The lowest BCUT2D eigenvalue weighted by Crippen LogP contribution is -2.25. The smallest absolute Gasteiger partial charge is 0.167 e. The molecule has 0 aliphatic heterocycles. The van der Waals surface area contributed by atoms with Gasteiger partial charge in [-0.1, -0.05) is 13.8 Å². The first-order chi connectivity index (χ1) is 6.70. The summed E-state index contributed by atoms with van der Waals surface area (Å²) in [7, 11) is 0. The highest BCUT2D eigenvalue weighted by molar-refractivity contribution is 5.95. The number of carbonyl (C=O) groups excluding carboxylic acids is 1. The molecule has 1 aromatic rings. The number of rotatable bonds is 5. The molecule has 1 heterocycles. The molecular weight excluding hydrogens is 178 g/mol. The van der Waals surface area contributed by atoms with Gasteiger partial charge in [0.15, 0.2) is 5.78 Å². The summed E-state index contributed by atoms with van der Waals surface area (Å²) < 4.78 is 0. The van der Waals surface area contributed by atoms with Crippen LogP contribution in [0, 0.1) is 0 Å². The number of nitrogens with zero attached hydrogens (tertiary/aromatic N) is 2. The first kappa shape index (κ1) is 10.8. The standard InChI is InChI=1S/C10H15N3O/c1-8(2)13-4-3-10(14)9-5-11-7-12-6-9/h5-8,13H,3-4H2,1-2H3. The number of hydrogen-bond acceptors (Lipinski definition) is 4. The summed E-state index contributed by atoms with van der Waals surface area (Å²) in [5.41, 5.74) is 0.582. The van der Waals surface area contributed by atoms with Crippen LogP contribution >= 0.6 is 0 Å². The second-order valence-corrected chi connectivity index (χ2v) is 3.41. The van der Waals surface area contributed by atoms with Gasteiger partial charge in [-0.25, -0.2) is 9.97 Å². The molecule has 0 saturated heterocycles. The Hall–Kier alpha value is -1.29. The first-order valence-electron chi connectivity index (χ1n) is 4.71. The van der Waals surface area contributed by atoms with E-state index in [2.05, 4.69) is 29.1 Å². The molecule has 0 spiro atoms. The average Bonchev–Trinajstić information content (AvgIpc) is 2.18. The molecular formula is C10H15N3O. The van der Waals surface area contributed by atoms with Crippen molar-refractivity contribution >= 4 is 5.78 Å². The van der Waals surface area contributed by atoms with Gasteiger partial charge in [0, 0.05) is 31.4 Å². The van der Waals surface area contributed by atoms with E-state index < -0.39 is 0 Å². The Morgan fingerprint density at radius 2 is 2.07 bits per heavy atom. The molecule has 4 heteroatoms. The van der Waals surface area contributed by atoms with Crippen LogP contribution < -0.4 is 5.32 Å². The maximum Gasteiger partial charge on any atom is 0.167 e. The molecule has 1 aromatic heterocycles. The number of carbonyl (C=O) groups is 1. The van der Waals surface area contributed by atoms with Crippen molar-refractivity contribution in [1.82, 2.24) is 15.3 Å². The van der Waals surface area contributed by atoms with Gasteiger partial charge in [0.05, 0.1) is 5.56 Å². The van der Waals surface area contributed by atoms with Gasteiger partial charge in [0.2, 0.25) is 0 Å². The van der Waals surface area contributed by atoms with Crippen molar-refractivity contribution in [3.63, 3.8) is 0 Å². The molecule has 76 valence electrons. The van der Waals surface area contributed by atoms with Gasteiger partial charge < -0.3 is 5.32 Å². The third-order valence-corrected chi connectivity index (χ3v) is 1.79. The van der Waals surface area contributed by atoms with Crippen molar-refractivity contribution in [2.24, 2.45) is 0 Å². The van der Waals surface area contributed by atoms with Crippen LogP contribution in [0.2, 0.25) is 0 Å². The second kappa shape index (κ2) is 5.44. The van der Waals surface area contributed by atoms with E-state index in [4.69, 9.17) is 0 Å². The Morgan fingerprint density at radius 1 is 1.43 bits per heavy atom. The zero-order valence-electron chi connectivity index (χ0n) is 8.53. The molecule has 0 saturated carbocycles. The van der Waals surface area contributed by atoms with Gasteiger partial charge in [-0.05, 0) is 0 Å². The Morgan fingerprint density at radius 3 is 2.64 bits per heavy atom. The molecule has 1 rings (SSSR count). The Kier molecular flexibility index (Phi) is 4.19. The summed E-state index contributed by atoms with van der Waals surface area (Å²) in [5, 5.41) is 3.18. The lowest BCUT2D eigenvalue weighted by Gasteiger charge is -2.06. The van der Waals surface area contributed by atoms with E-state index in [9.17, 15) is 4.79 Å². The predicted molar refractivity (Wildman–Crippen MR) is 54.1 cm³/mol. The van der Waals surface area contributed by atoms with Crippen molar-refractivity contribution in [2.45, 2.75) is 26.3 Å². The topological polar surface area (TPSA) is 54.9 Å². The van der Waals surface area contributed by atoms with Crippen LogP contribution in [0.4, 0.5) is 0 Å². The van der Waals surface area contributed by atoms with Gasteiger partial charge in [-0.15, -0.1) is 0 Å². The van der Waals surface area contributed by atoms with Crippen molar-refractivity contribution in [2.75, 3.05) is 6.54 Å². The molecule has 0 aromatic carbocycles. The van der Waals surface area contributed by atoms with Crippen LogP contribution in [0.3, 0.4) is 0 Å². The van der Waals surface area contributed by atoms with E-state index in [1.807, 2.05) is 0 Å². The molecule has 14 heavy (non-hydrogen) atoms. The summed E-state index contributed by atoms with van der Waals surface area (Å²) >= 11 is 0. The predicted octanol–water partition coefficient (Wildman–Crippen LogP) is 1.05. The first-order valence-corrected chi connectivity index (χ1v) is 4.71. The normalized spacial score (nSPS) is 10.5. The van der Waals surface area contributed by atoms with E-state index in [0.29, 0.717) is 24.6 Å². The minimum Gasteiger partial charge on any atom is -0.314 e. The second-order valence-electron chi connectivity index (χ2n) is 3.41. The Labute approximate surface area is 83.8 Å². The fourth-order valence-corrected chi connectivity index (χ4v) is 1.06.